The molecule has 0 radical (unpaired) electrons. The number of nitrogens with one attached hydrogen (secondary N) is 1. The minimum absolute atomic E-state index is 0.123. The molecule has 2 aromatic carbocycles. The molecule has 4 rings (SSSR count). The van der Waals surface area contributed by atoms with Crippen molar-refractivity contribution in [2.24, 2.45) is 0 Å². The van der Waals surface area contributed by atoms with Gasteiger partial charge in [-0.1, -0.05) is 24.3 Å². The van der Waals surface area contributed by atoms with Crippen LogP contribution >= 0.6 is 0 Å². The smallest absolute Gasteiger partial charge is 0.326 e. The fraction of sp³-hybridized carbons (Fsp3) is 0.238. The molecule has 1 fully saturated rings. The average molecular weight is 376 g/mol. The zero-order valence-corrected chi connectivity index (χ0v) is 15.4. The van der Waals surface area contributed by atoms with Crippen LogP contribution in [0.25, 0.3) is 22.0 Å². The van der Waals surface area contributed by atoms with Crippen LogP contribution in [0.3, 0.4) is 0 Å². The van der Waals surface area contributed by atoms with Crippen molar-refractivity contribution >= 4 is 34.3 Å². The third-order valence-corrected chi connectivity index (χ3v) is 4.97. The molecule has 28 heavy (non-hydrogen) atoms. The number of rotatable bonds is 4. The molecule has 2 N–H and O–H groups in total. The molecule has 2 heterocycles. The van der Waals surface area contributed by atoms with Crippen LogP contribution in [0.15, 0.2) is 48.8 Å². The maximum atomic E-state index is 11.7. The predicted octanol–water partition coefficient (Wildman–Crippen LogP) is 3.31. The summed E-state index contributed by atoms with van der Waals surface area (Å²) in [7, 11) is 0. The number of hydrogen-bond donors (Lipinski definition) is 2. The average Bonchev–Trinajstić information content (AvgIpc) is 3.17. The highest BCUT2D eigenvalue weighted by molar-refractivity contribution is 6.03. The summed E-state index contributed by atoms with van der Waals surface area (Å²) in [6.45, 7) is 2.12. The lowest BCUT2D eigenvalue weighted by Crippen LogP contribution is -2.36. The maximum Gasteiger partial charge on any atom is 0.326 e. The molecule has 0 spiro atoms. The van der Waals surface area contributed by atoms with Crippen LogP contribution in [-0.2, 0) is 9.59 Å². The third kappa shape index (κ3) is 3.26. The summed E-state index contributed by atoms with van der Waals surface area (Å²) < 4.78 is 0. The van der Waals surface area contributed by atoms with Crippen molar-refractivity contribution in [3.8, 4) is 11.1 Å². The molecule has 1 atom stereocenters. The third-order valence-electron chi connectivity index (χ3n) is 4.97. The van der Waals surface area contributed by atoms with Crippen molar-refractivity contribution in [1.82, 2.24) is 9.97 Å². The van der Waals surface area contributed by atoms with E-state index >= 15 is 0 Å². The SMILES string of the molecule is CC(=O)Nc1ccc(-c2cccc3ncnc(N4CCCC4C(=O)O)c23)cc1. The monoisotopic (exact) mass is 376 g/mol. The van der Waals surface area contributed by atoms with Crippen molar-refractivity contribution < 1.29 is 14.7 Å². The Hall–Kier alpha value is -3.48. The Bertz CT molecular complexity index is 1040. The Balaban J connectivity index is 1.84. The van der Waals surface area contributed by atoms with Gasteiger partial charge in [-0.25, -0.2) is 14.8 Å². The molecule has 1 unspecified atom stereocenters. The number of anilines is 2. The van der Waals surface area contributed by atoms with Gasteiger partial charge in [-0.3, -0.25) is 4.79 Å². The number of nitrogens with zero attached hydrogens (tertiary/aromatic N) is 3. The summed E-state index contributed by atoms with van der Waals surface area (Å²) in [4.78, 5) is 33.6. The van der Waals surface area contributed by atoms with Crippen LogP contribution in [0.4, 0.5) is 11.5 Å². The largest absolute Gasteiger partial charge is 0.480 e. The van der Waals surface area contributed by atoms with Gasteiger partial charge in [0.25, 0.3) is 0 Å². The number of amides is 1. The Kier molecular flexibility index (Phi) is 4.65. The van der Waals surface area contributed by atoms with Crippen molar-refractivity contribution in [3.05, 3.63) is 48.8 Å². The van der Waals surface area contributed by atoms with E-state index in [1.165, 1.54) is 13.3 Å². The van der Waals surface area contributed by atoms with E-state index in [-0.39, 0.29) is 5.91 Å². The molecule has 142 valence electrons. The van der Waals surface area contributed by atoms with Gasteiger partial charge in [-0.05, 0) is 42.2 Å². The highest BCUT2D eigenvalue weighted by Crippen LogP contribution is 2.36. The molecule has 0 aliphatic carbocycles. The van der Waals surface area contributed by atoms with Gasteiger partial charge in [0.1, 0.15) is 18.2 Å². The Morgan fingerprint density at radius 1 is 1.14 bits per heavy atom. The zero-order valence-electron chi connectivity index (χ0n) is 15.4. The molecule has 0 saturated carbocycles. The van der Waals surface area contributed by atoms with Crippen molar-refractivity contribution in [1.29, 1.82) is 0 Å². The van der Waals surface area contributed by atoms with Crippen LogP contribution in [0.1, 0.15) is 19.8 Å². The zero-order chi connectivity index (χ0) is 19.7. The van der Waals surface area contributed by atoms with E-state index in [1.807, 2.05) is 47.4 Å². The fourth-order valence-electron chi connectivity index (χ4n) is 3.76. The van der Waals surface area contributed by atoms with Crippen LogP contribution in [0, 0.1) is 0 Å². The summed E-state index contributed by atoms with van der Waals surface area (Å²) >= 11 is 0. The van der Waals surface area contributed by atoms with E-state index in [0.717, 1.165) is 34.1 Å². The number of carboxylic acid groups (broad SMARTS) is 1. The molecular formula is C21H20N4O3. The molecule has 0 bridgehead atoms. The number of hydrogen-bond acceptors (Lipinski definition) is 5. The second kappa shape index (κ2) is 7.26. The van der Waals surface area contributed by atoms with Gasteiger partial charge in [0.2, 0.25) is 5.91 Å². The first-order chi connectivity index (χ1) is 13.5. The van der Waals surface area contributed by atoms with Gasteiger partial charge in [0.15, 0.2) is 0 Å². The molecule has 1 aliphatic heterocycles. The van der Waals surface area contributed by atoms with Crippen molar-refractivity contribution in [3.63, 3.8) is 0 Å². The van der Waals surface area contributed by atoms with Crippen LogP contribution in [0.5, 0.6) is 0 Å². The lowest BCUT2D eigenvalue weighted by atomic mass is 10.00. The van der Waals surface area contributed by atoms with Crippen LogP contribution < -0.4 is 10.2 Å². The van der Waals surface area contributed by atoms with E-state index in [1.54, 1.807) is 0 Å². The summed E-state index contributed by atoms with van der Waals surface area (Å²) in [5, 5.41) is 13.2. The number of carboxylic acids is 1. The second-order valence-electron chi connectivity index (χ2n) is 6.85. The van der Waals surface area contributed by atoms with Gasteiger partial charge < -0.3 is 15.3 Å². The lowest BCUT2D eigenvalue weighted by molar-refractivity contribution is -0.138. The maximum absolute atomic E-state index is 11.7. The van der Waals surface area contributed by atoms with Gasteiger partial charge in [-0.2, -0.15) is 0 Å². The summed E-state index contributed by atoms with van der Waals surface area (Å²) in [5.74, 6) is -0.305. The first kappa shape index (κ1) is 17.9. The van der Waals surface area contributed by atoms with Crippen LogP contribution in [-0.4, -0.2) is 39.5 Å². The first-order valence-corrected chi connectivity index (χ1v) is 9.16. The molecule has 1 aromatic heterocycles. The van der Waals surface area contributed by atoms with Gasteiger partial charge in [0.05, 0.1) is 10.9 Å². The summed E-state index contributed by atoms with van der Waals surface area (Å²) in [6, 6.07) is 12.8. The van der Waals surface area contributed by atoms with E-state index in [2.05, 4.69) is 15.3 Å². The number of fused-ring (bicyclic) bond motifs is 1. The van der Waals surface area contributed by atoms with E-state index < -0.39 is 12.0 Å². The number of carbonyl (C=O) groups excluding carboxylic acids is 1. The molecule has 1 saturated heterocycles. The van der Waals surface area contributed by atoms with Gasteiger partial charge in [0, 0.05) is 19.2 Å². The van der Waals surface area contributed by atoms with E-state index in [9.17, 15) is 14.7 Å². The number of carbonyl (C=O) groups is 2. The molecule has 7 nitrogen and oxygen atoms in total. The molecule has 3 aromatic rings. The quantitative estimate of drug-likeness (QED) is 0.725. The minimum Gasteiger partial charge on any atom is -0.480 e. The fourth-order valence-corrected chi connectivity index (χ4v) is 3.76. The second-order valence-corrected chi connectivity index (χ2v) is 6.85. The van der Waals surface area contributed by atoms with Crippen LogP contribution in [0.2, 0.25) is 0 Å². The lowest BCUT2D eigenvalue weighted by Gasteiger charge is -2.24. The Morgan fingerprint density at radius 2 is 1.93 bits per heavy atom. The summed E-state index contributed by atoms with van der Waals surface area (Å²) in [6.07, 6.45) is 2.91. The number of aliphatic carboxylic acids is 1. The normalized spacial score (nSPS) is 16.3. The van der Waals surface area contributed by atoms with Crippen molar-refractivity contribution in [2.45, 2.75) is 25.8 Å². The van der Waals surface area contributed by atoms with Gasteiger partial charge in [-0.15, -0.1) is 0 Å². The molecular weight excluding hydrogens is 356 g/mol. The Labute approximate surface area is 162 Å². The molecule has 1 aliphatic rings. The number of aromatic nitrogens is 2. The Morgan fingerprint density at radius 3 is 2.64 bits per heavy atom. The van der Waals surface area contributed by atoms with Gasteiger partial charge >= 0.3 is 5.97 Å². The number of benzene rings is 2. The van der Waals surface area contributed by atoms with Crippen molar-refractivity contribution in [2.75, 3.05) is 16.8 Å². The van der Waals surface area contributed by atoms with E-state index in [0.29, 0.717) is 18.8 Å². The standard InChI is InChI=1S/C21H20N4O3/c1-13(26)24-15-9-7-14(8-10-15)16-4-2-5-17-19(16)20(23-12-22-17)25-11-3-6-18(25)21(27)28/h2,4-5,7-10,12,18H,3,6,11H2,1H3,(H,24,26)(H,27,28). The summed E-state index contributed by atoms with van der Waals surface area (Å²) in [5.41, 5.74) is 3.36. The van der Waals surface area contributed by atoms with E-state index in [4.69, 9.17) is 0 Å². The molecule has 1 amide bonds. The predicted molar refractivity (Wildman–Crippen MR) is 107 cm³/mol. The highest BCUT2D eigenvalue weighted by Gasteiger charge is 2.33. The highest BCUT2D eigenvalue weighted by atomic mass is 16.4. The first-order valence-electron chi connectivity index (χ1n) is 9.16. The topological polar surface area (TPSA) is 95.4 Å². The minimum atomic E-state index is -0.832. The molecule has 7 heteroatoms.